The summed E-state index contributed by atoms with van der Waals surface area (Å²) >= 11 is 0. The van der Waals surface area contributed by atoms with Crippen molar-refractivity contribution < 1.29 is 23.5 Å². The first kappa shape index (κ1) is 21.8. The largest absolute Gasteiger partial charge is 0.445 e. The van der Waals surface area contributed by atoms with Crippen LogP contribution in [-0.2, 0) is 26.9 Å². The van der Waals surface area contributed by atoms with E-state index in [0.29, 0.717) is 12.0 Å². The van der Waals surface area contributed by atoms with E-state index in [1.54, 1.807) is 30.3 Å². The van der Waals surface area contributed by atoms with Crippen LogP contribution in [0.15, 0.2) is 91.0 Å². The molecule has 2 N–H and O–H groups in total. The molecule has 0 saturated carbocycles. The monoisotopic (exact) mass is 425 g/mol. The first-order chi connectivity index (χ1) is 14.5. The van der Waals surface area contributed by atoms with Gasteiger partial charge in [0, 0.05) is 0 Å². The average molecular weight is 425 g/mol. The summed E-state index contributed by atoms with van der Waals surface area (Å²) in [6, 6.07) is 27.3. The summed E-state index contributed by atoms with van der Waals surface area (Å²) in [5, 5.41) is 2.49. The maximum absolute atomic E-state index is 13.0. The number of carbonyl (C=O) groups is 1. The van der Waals surface area contributed by atoms with Gasteiger partial charge in [0.1, 0.15) is 6.61 Å². The molecule has 2 atom stereocenters. The minimum absolute atomic E-state index is 0.0435. The van der Waals surface area contributed by atoms with Crippen molar-refractivity contribution in [3.63, 3.8) is 0 Å². The molecule has 0 spiro atoms. The fraction of sp³-hybridized carbons (Fsp3) is 0.174. The zero-order valence-corrected chi connectivity index (χ0v) is 17.3. The first-order valence-electron chi connectivity index (χ1n) is 9.58. The predicted molar refractivity (Wildman–Crippen MR) is 115 cm³/mol. The van der Waals surface area contributed by atoms with E-state index in [1.165, 1.54) is 0 Å². The molecule has 6 nitrogen and oxygen atoms in total. The van der Waals surface area contributed by atoms with Crippen LogP contribution < -0.4 is 5.32 Å². The third kappa shape index (κ3) is 6.56. The van der Waals surface area contributed by atoms with E-state index in [-0.39, 0.29) is 13.2 Å². The first-order valence-corrected chi connectivity index (χ1v) is 11.2. The van der Waals surface area contributed by atoms with E-state index in [1.807, 2.05) is 60.7 Å². The van der Waals surface area contributed by atoms with Gasteiger partial charge in [-0.1, -0.05) is 91.0 Å². The number of nitrogens with one attached hydrogen (secondary N) is 1. The van der Waals surface area contributed by atoms with Gasteiger partial charge in [0.05, 0.1) is 6.61 Å². The predicted octanol–water partition coefficient (Wildman–Crippen LogP) is 5.06. The van der Waals surface area contributed by atoms with Gasteiger partial charge in [-0.2, -0.15) is 0 Å². The Morgan fingerprint density at radius 1 is 0.867 bits per heavy atom. The summed E-state index contributed by atoms with van der Waals surface area (Å²) in [5.41, 5.74) is 2.26. The van der Waals surface area contributed by atoms with Gasteiger partial charge in [-0.25, -0.2) is 4.79 Å². The van der Waals surface area contributed by atoms with E-state index < -0.39 is 19.5 Å². The van der Waals surface area contributed by atoms with Gasteiger partial charge in [-0.05, 0) is 23.1 Å². The second-order valence-electron chi connectivity index (χ2n) is 6.65. The second-order valence-corrected chi connectivity index (χ2v) is 8.56. The molecular weight excluding hydrogens is 401 g/mol. The lowest BCUT2D eigenvalue weighted by Crippen LogP contribution is -2.29. The topological polar surface area (TPSA) is 84.9 Å². The van der Waals surface area contributed by atoms with Gasteiger partial charge in [-0.3, -0.25) is 4.57 Å². The van der Waals surface area contributed by atoms with E-state index in [4.69, 9.17) is 9.26 Å². The minimum atomic E-state index is -4.22. The van der Waals surface area contributed by atoms with E-state index in [2.05, 4.69) is 5.32 Å². The number of benzene rings is 3. The van der Waals surface area contributed by atoms with Crippen molar-refractivity contribution in [1.82, 2.24) is 5.32 Å². The summed E-state index contributed by atoms with van der Waals surface area (Å²) in [6.07, 6.45) is -0.320. The highest BCUT2D eigenvalue weighted by Crippen LogP contribution is 2.55. The highest BCUT2D eigenvalue weighted by Gasteiger charge is 2.35. The van der Waals surface area contributed by atoms with Crippen molar-refractivity contribution in [3.05, 3.63) is 108 Å². The molecule has 0 aliphatic rings. The Morgan fingerprint density at radius 3 is 2.00 bits per heavy atom. The molecule has 0 radical (unpaired) electrons. The Hall–Kier alpha value is -2.92. The molecule has 0 bridgehead atoms. The van der Waals surface area contributed by atoms with Gasteiger partial charge in [-0.15, -0.1) is 0 Å². The van der Waals surface area contributed by atoms with Crippen LogP contribution in [0.1, 0.15) is 22.5 Å². The molecule has 3 rings (SSSR count). The maximum Gasteiger partial charge on any atom is 0.408 e. The molecule has 156 valence electrons. The fourth-order valence-electron chi connectivity index (χ4n) is 2.88. The van der Waals surface area contributed by atoms with E-state index in [0.717, 1.165) is 11.1 Å². The Morgan fingerprint density at radius 2 is 1.40 bits per heavy atom. The quantitative estimate of drug-likeness (QED) is 0.469. The molecule has 2 unspecified atom stereocenters. The standard InChI is InChI=1S/C23H24NO5P/c25-23(28-18-20-12-6-2-7-13-20)24-22(21-14-8-3-9-15-21)30(26,27)29-17-16-19-10-4-1-5-11-19/h1-15,22H,16-18H2,(H,24,25)(H,26,27). The number of alkyl carbamates (subject to hydrolysis) is 1. The van der Waals surface area contributed by atoms with Crippen LogP contribution in [-0.4, -0.2) is 17.6 Å². The SMILES string of the molecule is O=C(NC(c1ccccc1)P(=O)(O)OCCc1ccccc1)OCc1ccccc1. The molecular formula is C23H24NO5P. The van der Waals surface area contributed by atoms with Crippen LogP contribution >= 0.6 is 7.60 Å². The normalized spacial score (nSPS) is 13.8. The Balaban J connectivity index is 1.65. The third-order valence-corrected chi connectivity index (χ3v) is 6.05. The Labute approximate surface area is 176 Å². The van der Waals surface area contributed by atoms with Crippen LogP contribution in [0.2, 0.25) is 0 Å². The molecule has 3 aromatic rings. The van der Waals surface area contributed by atoms with Crippen LogP contribution in [0.4, 0.5) is 4.79 Å². The zero-order chi connectivity index (χ0) is 21.2. The summed E-state index contributed by atoms with van der Waals surface area (Å²) in [4.78, 5) is 22.9. The number of amides is 1. The van der Waals surface area contributed by atoms with Crippen LogP contribution in [0.25, 0.3) is 0 Å². The zero-order valence-electron chi connectivity index (χ0n) is 16.4. The lowest BCUT2D eigenvalue weighted by Gasteiger charge is -2.24. The molecule has 0 saturated heterocycles. The van der Waals surface area contributed by atoms with Crippen molar-refractivity contribution in [2.45, 2.75) is 18.8 Å². The summed E-state index contributed by atoms with van der Waals surface area (Å²) < 4.78 is 23.5. The maximum atomic E-state index is 13.0. The van der Waals surface area contributed by atoms with Gasteiger partial charge >= 0.3 is 13.7 Å². The number of hydrogen-bond donors (Lipinski definition) is 2. The average Bonchev–Trinajstić information content (AvgIpc) is 2.78. The molecule has 0 heterocycles. The molecule has 7 heteroatoms. The Kier molecular flexibility index (Phi) is 7.80. The van der Waals surface area contributed by atoms with Crippen molar-refractivity contribution in [3.8, 4) is 0 Å². The molecule has 30 heavy (non-hydrogen) atoms. The highest BCUT2D eigenvalue weighted by atomic mass is 31.2. The minimum Gasteiger partial charge on any atom is -0.445 e. The van der Waals surface area contributed by atoms with Gasteiger partial charge < -0.3 is 19.5 Å². The van der Waals surface area contributed by atoms with Crippen LogP contribution in [0, 0.1) is 0 Å². The smallest absolute Gasteiger partial charge is 0.408 e. The van der Waals surface area contributed by atoms with Crippen molar-refractivity contribution in [2.24, 2.45) is 0 Å². The van der Waals surface area contributed by atoms with E-state index in [9.17, 15) is 14.3 Å². The van der Waals surface area contributed by atoms with Gasteiger partial charge in [0.15, 0.2) is 5.78 Å². The van der Waals surface area contributed by atoms with E-state index >= 15 is 0 Å². The number of rotatable bonds is 9. The highest BCUT2D eigenvalue weighted by molar-refractivity contribution is 7.53. The summed E-state index contributed by atoms with van der Waals surface area (Å²) in [5.74, 6) is -1.24. The molecule has 3 aromatic carbocycles. The fourth-order valence-corrected chi connectivity index (χ4v) is 4.20. The van der Waals surface area contributed by atoms with Gasteiger partial charge in [0.2, 0.25) is 0 Å². The molecule has 0 aliphatic carbocycles. The van der Waals surface area contributed by atoms with Crippen LogP contribution in [0.5, 0.6) is 0 Å². The molecule has 1 amide bonds. The number of carbonyl (C=O) groups excluding carboxylic acids is 1. The van der Waals surface area contributed by atoms with Crippen molar-refractivity contribution in [2.75, 3.05) is 6.61 Å². The van der Waals surface area contributed by atoms with Crippen molar-refractivity contribution >= 4 is 13.7 Å². The number of hydrogen-bond acceptors (Lipinski definition) is 4. The van der Waals surface area contributed by atoms with Crippen molar-refractivity contribution in [1.29, 1.82) is 0 Å². The lowest BCUT2D eigenvalue weighted by atomic mass is 10.2. The Bertz CT molecular complexity index is 967. The summed E-state index contributed by atoms with van der Waals surface area (Å²) in [7, 11) is -4.22. The summed E-state index contributed by atoms with van der Waals surface area (Å²) in [6.45, 7) is 0.0979. The molecule has 0 fully saturated rings. The van der Waals surface area contributed by atoms with Gasteiger partial charge in [0.25, 0.3) is 0 Å². The molecule has 0 aliphatic heterocycles. The third-order valence-electron chi connectivity index (χ3n) is 4.42. The number of ether oxygens (including phenoxy) is 1. The van der Waals surface area contributed by atoms with Crippen LogP contribution in [0.3, 0.4) is 0 Å². The second kappa shape index (κ2) is 10.7. The lowest BCUT2D eigenvalue weighted by molar-refractivity contribution is 0.136. The molecule has 0 aromatic heterocycles.